The Labute approximate surface area is 171 Å². The molecule has 1 aliphatic rings. The van der Waals surface area contributed by atoms with Gasteiger partial charge in [0.15, 0.2) is 5.69 Å². The van der Waals surface area contributed by atoms with Gasteiger partial charge in [0.05, 0.1) is 5.69 Å². The van der Waals surface area contributed by atoms with Crippen LogP contribution in [0.2, 0.25) is 5.02 Å². The van der Waals surface area contributed by atoms with Gasteiger partial charge >= 0.3 is 6.03 Å². The molecule has 4 rings (SSSR count). The minimum absolute atomic E-state index is 0.0406. The van der Waals surface area contributed by atoms with E-state index in [2.05, 4.69) is 15.8 Å². The first-order valence-electron chi connectivity index (χ1n) is 8.73. The van der Waals surface area contributed by atoms with E-state index < -0.39 is 23.4 Å². The molecule has 0 saturated carbocycles. The molecule has 8 nitrogen and oxygen atoms in total. The molecule has 0 spiro atoms. The first kappa shape index (κ1) is 18.7. The van der Waals surface area contributed by atoms with Crippen LogP contribution in [0.4, 0.5) is 4.79 Å². The van der Waals surface area contributed by atoms with Crippen molar-refractivity contribution in [3.63, 3.8) is 0 Å². The molecule has 0 radical (unpaired) electrons. The van der Waals surface area contributed by atoms with Crippen LogP contribution in [0.5, 0.6) is 0 Å². The zero-order valence-electron chi connectivity index (χ0n) is 15.3. The van der Waals surface area contributed by atoms with Gasteiger partial charge in [-0.15, -0.1) is 0 Å². The van der Waals surface area contributed by atoms with Gasteiger partial charge in [-0.3, -0.25) is 15.0 Å². The molecule has 2 N–H and O–H groups in total. The number of hydrazine groups is 1. The largest absolute Gasteiger partial charge is 0.344 e. The Bertz CT molecular complexity index is 1110. The molecule has 1 aromatic heterocycles. The highest BCUT2D eigenvalue weighted by atomic mass is 35.5. The van der Waals surface area contributed by atoms with E-state index in [1.807, 2.05) is 6.07 Å². The maximum absolute atomic E-state index is 12.9. The lowest BCUT2D eigenvalue weighted by atomic mass is 9.92. The topological polar surface area (TPSA) is 96.3 Å². The number of amides is 4. The van der Waals surface area contributed by atoms with Gasteiger partial charge in [-0.25, -0.2) is 9.48 Å². The van der Waals surface area contributed by atoms with Crippen LogP contribution in [0.3, 0.4) is 0 Å². The van der Waals surface area contributed by atoms with Crippen molar-refractivity contribution in [2.45, 2.75) is 12.5 Å². The predicted octanol–water partition coefficient (Wildman–Crippen LogP) is 2.64. The maximum Gasteiger partial charge on any atom is 0.344 e. The molecule has 9 heteroatoms. The van der Waals surface area contributed by atoms with Crippen molar-refractivity contribution < 1.29 is 14.4 Å². The number of rotatable bonds is 4. The third-order valence-corrected chi connectivity index (χ3v) is 4.88. The molecule has 146 valence electrons. The fourth-order valence-corrected chi connectivity index (χ4v) is 3.26. The van der Waals surface area contributed by atoms with Crippen LogP contribution in [-0.2, 0) is 10.3 Å². The molecule has 2 heterocycles. The molecule has 0 aliphatic carbocycles. The average molecular weight is 410 g/mol. The zero-order chi connectivity index (χ0) is 20.6. The Balaban J connectivity index is 1.53. The van der Waals surface area contributed by atoms with Crippen molar-refractivity contribution >= 4 is 29.4 Å². The zero-order valence-corrected chi connectivity index (χ0v) is 16.1. The summed E-state index contributed by atoms with van der Waals surface area (Å²) in [5.74, 6) is -1.28. The fraction of sp³-hybridized carbons (Fsp3) is 0.100. The summed E-state index contributed by atoms with van der Waals surface area (Å²) in [6.45, 7) is 1.59. The number of carbonyl (C=O) groups excluding carboxylic acids is 3. The smallest absolute Gasteiger partial charge is 0.318 e. The third kappa shape index (κ3) is 3.34. The molecule has 3 aromatic rings. The summed E-state index contributed by atoms with van der Waals surface area (Å²) < 4.78 is 1.47. The molecular weight excluding hydrogens is 394 g/mol. The quantitative estimate of drug-likeness (QED) is 0.647. The summed E-state index contributed by atoms with van der Waals surface area (Å²) in [4.78, 5) is 37.8. The van der Waals surface area contributed by atoms with Gasteiger partial charge in [0.25, 0.3) is 11.8 Å². The number of nitrogens with one attached hydrogen (secondary N) is 2. The number of benzene rings is 2. The van der Waals surface area contributed by atoms with Crippen molar-refractivity contribution in [2.75, 3.05) is 0 Å². The van der Waals surface area contributed by atoms with E-state index >= 15 is 0 Å². The first-order valence-corrected chi connectivity index (χ1v) is 9.11. The minimum atomic E-state index is -1.27. The molecular formula is C20H16ClN5O3. The lowest BCUT2D eigenvalue weighted by Crippen LogP contribution is -2.48. The van der Waals surface area contributed by atoms with Crippen LogP contribution in [0.1, 0.15) is 23.0 Å². The Morgan fingerprint density at radius 2 is 1.86 bits per heavy atom. The van der Waals surface area contributed by atoms with Crippen LogP contribution in [0.15, 0.2) is 66.9 Å². The van der Waals surface area contributed by atoms with E-state index in [0.717, 1.165) is 0 Å². The van der Waals surface area contributed by atoms with Crippen LogP contribution < -0.4 is 10.7 Å². The van der Waals surface area contributed by atoms with E-state index in [-0.39, 0.29) is 5.69 Å². The van der Waals surface area contributed by atoms with E-state index in [0.29, 0.717) is 21.3 Å². The highest BCUT2D eigenvalue weighted by Crippen LogP contribution is 2.27. The SMILES string of the molecule is CC1(c2ccccc2)NC(=O)N(NC(=O)c2ccn(-c3cccc(Cl)c3)n2)C1=O. The highest BCUT2D eigenvalue weighted by molar-refractivity contribution is 6.30. The lowest BCUT2D eigenvalue weighted by Gasteiger charge is -2.21. The number of halogens is 1. The Kier molecular flexibility index (Phi) is 4.56. The number of aromatic nitrogens is 2. The second-order valence-electron chi connectivity index (χ2n) is 6.63. The van der Waals surface area contributed by atoms with Gasteiger partial charge in [0.1, 0.15) is 5.54 Å². The van der Waals surface area contributed by atoms with E-state index in [1.165, 1.54) is 10.7 Å². The molecule has 1 unspecified atom stereocenters. The highest BCUT2D eigenvalue weighted by Gasteiger charge is 2.50. The van der Waals surface area contributed by atoms with Crippen molar-refractivity contribution in [2.24, 2.45) is 0 Å². The second-order valence-corrected chi connectivity index (χ2v) is 7.06. The maximum atomic E-state index is 12.9. The van der Waals surface area contributed by atoms with Gasteiger partial charge in [-0.05, 0) is 36.8 Å². The number of imide groups is 1. The first-order chi connectivity index (χ1) is 13.9. The molecule has 2 aromatic carbocycles. The molecule has 0 bridgehead atoms. The molecule has 1 atom stereocenters. The second kappa shape index (κ2) is 7.06. The number of urea groups is 1. The number of nitrogens with zero attached hydrogens (tertiary/aromatic N) is 3. The summed E-state index contributed by atoms with van der Waals surface area (Å²) in [6.07, 6.45) is 1.58. The predicted molar refractivity (Wildman–Crippen MR) is 105 cm³/mol. The minimum Gasteiger partial charge on any atom is -0.318 e. The molecule has 1 saturated heterocycles. The molecule has 29 heavy (non-hydrogen) atoms. The summed E-state index contributed by atoms with van der Waals surface area (Å²) >= 11 is 5.98. The summed E-state index contributed by atoms with van der Waals surface area (Å²) in [5, 5.41) is 8.01. The summed E-state index contributed by atoms with van der Waals surface area (Å²) in [7, 11) is 0. The van der Waals surface area contributed by atoms with Crippen LogP contribution >= 0.6 is 11.6 Å². The molecule has 1 fully saturated rings. The van der Waals surface area contributed by atoms with Crippen LogP contribution in [0.25, 0.3) is 5.69 Å². The number of hydrogen-bond acceptors (Lipinski definition) is 4. The van der Waals surface area contributed by atoms with Gasteiger partial charge in [-0.1, -0.05) is 48.0 Å². The normalized spacial score (nSPS) is 18.6. The standard InChI is InChI=1S/C20H16ClN5O3/c1-20(13-6-3-2-4-7-13)18(28)26(19(29)22-20)24-17(27)16-10-11-25(23-16)15-9-5-8-14(21)12-15/h2-12H,1H3,(H,22,29)(H,24,27). The fourth-order valence-electron chi connectivity index (χ4n) is 3.07. The van der Waals surface area contributed by atoms with Crippen molar-refractivity contribution in [3.05, 3.63) is 83.1 Å². The van der Waals surface area contributed by atoms with Crippen LogP contribution in [0, 0.1) is 0 Å². The van der Waals surface area contributed by atoms with Crippen molar-refractivity contribution in [1.82, 2.24) is 25.5 Å². The van der Waals surface area contributed by atoms with Crippen LogP contribution in [-0.4, -0.2) is 32.6 Å². The average Bonchev–Trinajstić information content (AvgIpc) is 3.29. The summed E-state index contributed by atoms with van der Waals surface area (Å²) in [6, 6.07) is 16.5. The number of hydrogen-bond donors (Lipinski definition) is 2. The van der Waals surface area contributed by atoms with Crippen molar-refractivity contribution in [1.29, 1.82) is 0 Å². The van der Waals surface area contributed by atoms with E-state index in [1.54, 1.807) is 61.7 Å². The molecule has 4 amide bonds. The van der Waals surface area contributed by atoms with E-state index in [4.69, 9.17) is 11.6 Å². The molecule has 1 aliphatic heterocycles. The Morgan fingerprint density at radius 1 is 1.10 bits per heavy atom. The van der Waals surface area contributed by atoms with Gasteiger partial charge < -0.3 is 5.32 Å². The lowest BCUT2D eigenvalue weighted by molar-refractivity contribution is -0.132. The van der Waals surface area contributed by atoms with Gasteiger partial charge in [0.2, 0.25) is 0 Å². The Hall–Kier alpha value is -3.65. The van der Waals surface area contributed by atoms with Crippen molar-refractivity contribution in [3.8, 4) is 5.69 Å². The van der Waals surface area contributed by atoms with Gasteiger partial charge in [0, 0.05) is 11.2 Å². The summed E-state index contributed by atoms with van der Waals surface area (Å²) in [5.41, 5.74) is 2.38. The van der Waals surface area contributed by atoms with Gasteiger partial charge in [-0.2, -0.15) is 10.1 Å². The number of carbonyl (C=O) groups is 3. The van der Waals surface area contributed by atoms with E-state index in [9.17, 15) is 14.4 Å². The third-order valence-electron chi connectivity index (χ3n) is 4.65. The Morgan fingerprint density at radius 3 is 2.59 bits per heavy atom. The monoisotopic (exact) mass is 409 g/mol.